The Balaban J connectivity index is 2.28. The first-order chi connectivity index (χ1) is 11.5. The lowest BCUT2D eigenvalue weighted by atomic mass is 9.91. The van der Waals surface area contributed by atoms with Gasteiger partial charge in [0, 0.05) is 30.1 Å². The molecule has 124 valence electrons. The first-order valence-corrected chi connectivity index (χ1v) is 7.82. The summed E-state index contributed by atoms with van der Waals surface area (Å²) in [6, 6.07) is 7.34. The van der Waals surface area contributed by atoms with Gasteiger partial charge in [-0.15, -0.1) is 0 Å². The fraction of sp³-hybridized carbons (Fsp3) is 0.263. The van der Waals surface area contributed by atoms with E-state index in [0.29, 0.717) is 11.5 Å². The third-order valence-electron chi connectivity index (χ3n) is 4.84. The van der Waals surface area contributed by atoms with Crippen LogP contribution in [-0.2, 0) is 6.42 Å². The number of hydrogen-bond acceptors (Lipinski definition) is 5. The van der Waals surface area contributed by atoms with Crippen molar-refractivity contribution >= 4 is 27.2 Å². The molecule has 0 radical (unpaired) electrons. The molecule has 0 fully saturated rings. The summed E-state index contributed by atoms with van der Waals surface area (Å²) >= 11 is 0. The molecule has 3 aromatic carbocycles. The highest BCUT2D eigenvalue weighted by Gasteiger charge is 2.24. The summed E-state index contributed by atoms with van der Waals surface area (Å²) in [4.78, 5) is 2.19. The molecule has 0 saturated heterocycles. The van der Waals surface area contributed by atoms with Crippen LogP contribution >= 0.6 is 0 Å². The fourth-order valence-electron chi connectivity index (χ4n) is 3.67. The molecular weight excluding hydrogens is 306 g/mol. The zero-order chi connectivity index (χ0) is 17.0. The standard InChI is InChI=1S/C19H19NO4/c1-20-5-4-10-7-15(22)19(24-3)18-12-9-16(23-2)14(21)8-11(12)6-13(20)17(10)18/h6-9,21-22H,4-5H2,1-3H3. The lowest BCUT2D eigenvalue weighted by molar-refractivity contribution is 0.374. The molecule has 0 saturated carbocycles. The highest BCUT2D eigenvalue weighted by atomic mass is 16.5. The van der Waals surface area contributed by atoms with E-state index in [1.165, 1.54) is 7.11 Å². The van der Waals surface area contributed by atoms with Crippen LogP contribution in [0.3, 0.4) is 0 Å². The van der Waals surface area contributed by atoms with Gasteiger partial charge in [-0.05, 0) is 47.0 Å². The number of anilines is 1. The van der Waals surface area contributed by atoms with E-state index in [0.717, 1.165) is 45.8 Å². The zero-order valence-electron chi connectivity index (χ0n) is 13.9. The van der Waals surface area contributed by atoms with Crippen LogP contribution in [0.15, 0.2) is 24.3 Å². The van der Waals surface area contributed by atoms with Gasteiger partial charge in [0.05, 0.1) is 14.2 Å². The van der Waals surface area contributed by atoms with E-state index in [9.17, 15) is 10.2 Å². The predicted octanol–water partition coefficient (Wildman–Crippen LogP) is 3.41. The van der Waals surface area contributed by atoms with Crippen molar-refractivity contribution in [1.29, 1.82) is 0 Å². The van der Waals surface area contributed by atoms with Gasteiger partial charge >= 0.3 is 0 Å². The van der Waals surface area contributed by atoms with Crippen molar-refractivity contribution in [3.8, 4) is 23.0 Å². The Bertz CT molecular complexity index is 981. The Kier molecular flexibility index (Phi) is 3.13. The van der Waals surface area contributed by atoms with Crippen molar-refractivity contribution in [1.82, 2.24) is 0 Å². The Morgan fingerprint density at radius 3 is 2.46 bits per heavy atom. The molecule has 1 aliphatic heterocycles. The summed E-state index contributed by atoms with van der Waals surface area (Å²) in [5.74, 6) is 1.07. The Morgan fingerprint density at radius 1 is 0.958 bits per heavy atom. The van der Waals surface area contributed by atoms with E-state index in [2.05, 4.69) is 11.0 Å². The maximum atomic E-state index is 10.4. The maximum absolute atomic E-state index is 10.4. The minimum atomic E-state index is 0.0920. The van der Waals surface area contributed by atoms with Crippen molar-refractivity contribution in [2.24, 2.45) is 0 Å². The van der Waals surface area contributed by atoms with E-state index < -0.39 is 0 Å². The first kappa shape index (κ1) is 14.8. The normalized spacial score (nSPS) is 13.5. The van der Waals surface area contributed by atoms with Crippen LogP contribution in [0, 0.1) is 0 Å². The highest BCUT2D eigenvalue weighted by Crippen LogP contribution is 2.48. The third kappa shape index (κ3) is 1.87. The number of benzene rings is 3. The highest BCUT2D eigenvalue weighted by molar-refractivity contribution is 6.18. The summed E-state index contributed by atoms with van der Waals surface area (Å²) in [5.41, 5.74) is 2.17. The molecule has 1 aliphatic rings. The third-order valence-corrected chi connectivity index (χ3v) is 4.84. The quantitative estimate of drug-likeness (QED) is 0.707. The van der Waals surface area contributed by atoms with Crippen LogP contribution < -0.4 is 14.4 Å². The number of likely N-dealkylation sites (N-methyl/N-ethyl adjacent to an activating group) is 1. The van der Waals surface area contributed by atoms with E-state index in [1.54, 1.807) is 25.3 Å². The van der Waals surface area contributed by atoms with E-state index >= 15 is 0 Å². The summed E-state index contributed by atoms with van der Waals surface area (Å²) in [6.07, 6.45) is 0.859. The Morgan fingerprint density at radius 2 is 1.75 bits per heavy atom. The molecule has 3 aromatic rings. The van der Waals surface area contributed by atoms with Gasteiger partial charge in [-0.1, -0.05) is 0 Å². The molecule has 0 aliphatic carbocycles. The largest absolute Gasteiger partial charge is 0.504 e. The van der Waals surface area contributed by atoms with Crippen LogP contribution in [0.2, 0.25) is 0 Å². The van der Waals surface area contributed by atoms with Gasteiger partial charge in [-0.2, -0.15) is 0 Å². The number of phenolic OH excluding ortho intramolecular Hbond substituents is 2. The summed E-state index contributed by atoms with van der Waals surface area (Å²) in [6.45, 7) is 0.877. The number of fused-ring (bicyclic) bond motifs is 2. The smallest absolute Gasteiger partial charge is 0.169 e. The number of methoxy groups -OCH3 is 2. The van der Waals surface area contributed by atoms with Gasteiger partial charge in [0.15, 0.2) is 23.0 Å². The molecule has 0 aromatic heterocycles. The second kappa shape index (κ2) is 5.09. The van der Waals surface area contributed by atoms with Crippen LogP contribution in [0.1, 0.15) is 5.56 Å². The number of ether oxygens (including phenoxy) is 2. The number of nitrogens with zero attached hydrogens (tertiary/aromatic N) is 1. The van der Waals surface area contributed by atoms with Gasteiger partial charge in [0.2, 0.25) is 0 Å². The van der Waals surface area contributed by atoms with E-state index in [-0.39, 0.29) is 11.5 Å². The van der Waals surface area contributed by atoms with Gasteiger partial charge in [0.1, 0.15) is 0 Å². The van der Waals surface area contributed by atoms with Gasteiger partial charge in [0.25, 0.3) is 0 Å². The minimum absolute atomic E-state index is 0.0920. The van der Waals surface area contributed by atoms with Crippen LogP contribution in [0.4, 0.5) is 5.69 Å². The minimum Gasteiger partial charge on any atom is -0.504 e. The van der Waals surface area contributed by atoms with Crippen molar-refractivity contribution in [2.75, 3.05) is 32.7 Å². The number of rotatable bonds is 2. The summed E-state index contributed by atoms with van der Waals surface area (Å²) in [5, 5.41) is 24.3. The van der Waals surface area contributed by atoms with Gasteiger partial charge in [-0.25, -0.2) is 0 Å². The van der Waals surface area contributed by atoms with Crippen molar-refractivity contribution in [2.45, 2.75) is 6.42 Å². The lowest BCUT2D eigenvalue weighted by Gasteiger charge is -2.29. The number of hydrogen-bond donors (Lipinski definition) is 2. The van der Waals surface area contributed by atoms with E-state index in [1.807, 2.05) is 7.05 Å². The molecule has 24 heavy (non-hydrogen) atoms. The van der Waals surface area contributed by atoms with E-state index in [4.69, 9.17) is 9.47 Å². The van der Waals surface area contributed by atoms with Gasteiger partial charge < -0.3 is 24.6 Å². The molecule has 0 amide bonds. The summed E-state index contributed by atoms with van der Waals surface area (Å²) in [7, 11) is 5.13. The van der Waals surface area contributed by atoms with Crippen LogP contribution in [0.25, 0.3) is 21.5 Å². The molecule has 0 bridgehead atoms. The average molecular weight is 325 g/mol. The number of phenols is 2. The zero-order valence-corrected chi connectivity index (χ0v) is 13.9. The van der Waals surface area contributed by atoms with Crippen LogP contribution in [-0.4, -0.2) is 38.0 Å². The lowest BCUT2D eigenvalue weighted by Crippen LogP contribution is -2.24. The maximum Gasteiger partial charge on any atom is 0.169 e. The second-order valence-electron chi connectivity index (χ2n) is 6.15. The first-order valence-electron chi connectivity index (χ1n) is 7.82. The fourth-order valence-corrected chi connectivity index (χ4v) is 3.67. The SMILES string of the molecule is COc1cc2c(cc1O)cc1c3c(cc(O)c(OC)c32)CCN1C. The average Bonchev–Trinajstić information content (AvgIpc) is 2.57. The number of aromatic hydroxyl groups is 2. The molecular formula is C19H19NO4. The van der Waals surface area contributed by atoms with Gasteiger partial charge in [-0.3, -0.25) is 0 Å². The second-order valence-corrected chi connectivity index (χ2v) is 6.15. The molecule has 1 heterocycles. The molecule has 5 nitrogen and oxygen atoms in total. The summed E-state index contributed by atoms with van der Waals surface area (Å²) < 4.78 is 10.8. The van der Waals surface area contributed by atoms with Crippen molar-refractivity contribution in [3.63, 3.8) is 0 Å². The predicted molar refractivity (Wildman–Crippen MR) is 94.9 cm³/mol. The molecule has 2 N–H and O–H groups in total. The molecule has 0 unspecified atom stereocenters. The Labute approximate surface area is 139 Å². The molecule has 0 spiro atoms. The molecule has 4 rings (SSSR count). The molecule has 5 heteroatoms. The van der Waals surface area contributed by atoms with Crippen LogP contribution in [0.5, 0.6) is 23.0 Å². The monoisotopic (exact) mass is 325 g/mol. The van der Waals surface area contributed by atoms with Crippen molar-refractivity contribution < 1.29 is 19.7 Å². The Hall–Kier alpha value is -2.82. The topological polar surface area (TPSA) is 62.2 Å². The van der Waals surface area contributed by atoms with Crippen molar-refractivity contribution in [3.05, 3.63) is 29.8 Å². The molecule has 0 atom stereocenters.